The second-order valence-corrected chi connectivity index (χ2v) is 7.27. The highest BCUT2D eigenvalue weighted by Crippen LogP contribution is 2.35. The van der Waals surface area contributed by atoms with Crippen LogP contribution >= 0.6 is 23.4 Å². The smallest absolute Gasteiger partial charge is 0.128 e. The minimum Gasteiger partial charge on any atom is -0.324 e. The molecule has 0 saturated carbocycles. The van der Waals surface area contributed by atoms with E-state index in [0.717, 1.165) is 24.2 Å². The van der Waals surface area contributed by atoms with Crippen LogP contribution in [0.2, 0.25) is 0 Å². The number of rotatable bonds is 2. The molecule has 2 heterocycles. The number of nitrogens with zero attached hydrogens (tertiary/aromatic N) is 2. The summed E-state index contributed by atoms with van der Waals surface area (Å²) in [5.74, 6) is 3.00. The predicted molar refractivity (Wildman–Crippen MR) is 84.3 cm³/mol. The van der Waals surface area contributed by atoms with Gasteiger partial charge in [-0.2, -0.15) is 11.8 Å². The molecular formula is C15H18ClFN2S. The van der Waals surface area contributed by atoms with Gasteiger partial charge in [0.1, 0.15) is 11.6 Å². The van der Waals surface area contributed by atoms with Crippen LogP contribution in [0.3, 0.4) is 0 Å². The first-order chi connectivity index (χ1) is 9.58. The fourth-order valence-corrected chi connectivity index (χ4v) is 4.08. The molecule has 1 unspecified atom stereocenters. The van der Waals surface area contributed by atoms with Crippen LogP contribution in [0.5, 0.6) is 0 Å². The Morgan fingerprint density at radius 1 is 1.40 bits per heavy atom. The van der Waals surface area contributed by atoms with Gasteiger partial charge in [0, 0.05) is 12.1 Å². The van der Waals surface area contributed by atoms with Crippen molar-refractivity contribution < 1.29 is 4.39 Å². The Kier molecular flexibility index (Phi) is 3.95. The number of hydrogen-bond acceptors (Lipinski definition) is 2. The zero-order valence-electron chi connectivity index (χ0n) is 11.7. The summed E-state index contributed by atoms with van der Waals surface area (Å²) >= 11 is 8.29. The summed E-state index contributed by atoms with van der Waals surface area (Å²) < 4.78 is 16.0. The number of imidazole rings is 1. The highest BCUT2D eigenvalue weighted by atomic mass is 35.5. The van der Waals surface area contributed by atoms with E-state index >= 15 is 0 Å². The third kappa shape index (κ3) is 2.44. The van der Waals surface area contributed by atoms with Gasteiger partial charge in [0.2, 0.25) is 0 Å². The minimum absolute atomic E-state index is 0.166. The van der Waals surface area contributed by atoms with E-state index in [-0.39, 0.29) is 11.2 Å². The molecule has 108 valence electrons. The molecule has 0 radical (unpaired) electrons. The number of aryl methyl sites for hydroxylation is 1. The molecule has 1 aliphatic heterocycles. The largest absolute Gasteiger partial charge is 0.324 e. The molecule has 2 aromatic rings. The highest BCUT2D eigenvalue weighted by Gasteiger charge is 2.24. The summed E-state index contributed by atoms with van der Waals surface area (Å²) in [6, 6.07) is 3.87. The number of aromatic nitrogens is 2. The SMILES string of the molecule is Cc1cc2c(cc1F)nc(C(C)Cl)n2C1CCSCC1. The molecule has 0 N–H and O–H groups in total. The van der Waals surface area contributed by atoms with Crippen molar-refractivity contribution in [1.82, 2.24) is 9.55 Å². The first-order valence-electron chi connectivity index (χ1n) is 6.97. The van der Waals surface area contributed by atoms with Gasteiger partial charge < -0.3 is 4.57 Å². The maximum absolute atomic E-state index is 13.7. The fraction of sp³-hybridized carbons (Fsp3) is 0.533. The van der Waals surface area contributed by atoms with Gasteiger partial charge in [0.25, 0.3) is 0 Å². The number of benzene rings is 1. The molecule has 3 rings (SSSR count). The third-order valence-corrected chi connectivity index (χ3v) is 5.15. The van der Waals surface area contributed by atoms with E-state index in [1.165, 1.54) is 17.6 Å². The molecule has 20 heavy (non-hydrogen) atoms. The van der Waals surface area contributed by atoms with Crippen molar-refractivity contribution in [3.8, 4) is 0 Å². The predicted octanol–water partition coefficient (Wildman–Crippen LogP) is 4.85. The third-order valence-electron chi connectivity index (χ3n) is 3.91. The lowest BCUT2D eigenvalue weighted by Gasteiger charge is -2.26. The van der Waals surface area contributed by atoms with E-state index in [1.807, 2.05) is 24.8 Å². The second kappa shape index (κ2) is 5.57. The van der Waals surface area contributed by atoms with Crippen LogP contribution in [0.25, 0.3) is 11.0 Å². The van der Waals surface area contributed by atoms with Crippen molar-refractivity contribution in [1.29, 1.82) is 0 Å². The van der Waals surface area contributed by atoms with Gasteiger partial charge in [-0.05, 0) is 49.8 Å². The molecule has 1 saturated heterocycles. The van der Waals surface area contributed by atoms with Gasteiger partial charge in [-0.3, -0.25) is 0 Å². The summed E-state index contributed by atoms with van der Waals surface area (Å²) in [7, 11) is 0. The van der Waals surface area contributed by atoms with Crippen molar-refractivity contribution in [3.63, 3.8) is 0 Å². The van der Waals surface area contributed by atoms with Gasteiger partial charge in [0.15, 0.2) is 0 Å². The van der Waals surface area contributed by atoms with Crippen molar-refractivity contribution in [2.45, 2.75) is 38.1 Å². The van der Waals surface area contributed by atoms with Crippen LogP contribution in [-0.2, 0) is 0 Å². The molecule has 0 spiro atoms. The van der Waals surface area contributed by atoms with Crippen LogP contribution < -0.4 is 0 Å². The highest BCUT2D eigenvalue weighted by molar-refractivity contribution is 7.99. The van der Waals surface area contributed by atoms with E-state index < -0.39 is 0 Å². The number of fused-ring (bicyclic) bond motifs is 1. The van der Waals surface area contributed by atoms with E-state index in [2.05, 4.69) is 9.55 Å². The molecule has 1 atom stereocenters. The Morgan fingerprint density at radius 2 is 2.10 bits per heavy atom. The van der Waals surface area contributed by atoms with Gasteiger partial charge in [0.05, 0.1) is 16.4 Å². The monoisotopic (exact) mass is 312 g/mol. The molecule has 0 bridgehead atoms. The van der Waals surface area contributed by atoms with Crippen LogP contribution in [0.1, 0.15) is 42.6 Å². The average Bonchev–Trinajstić information content (AvgIpc) is 2.79. The lowest BCUT2D eigenvalue weighted by Crippen LogP contribution is -2.17. The summed E-state index contributed by atoms with van der Waals surface area (Å²) in [6.45, 7) is 3.73. The van der Waals surface area contributed by atoms with Crippen LogP contribution in [-0.4, -0.2) is 21.1 Å². The molecule has 1 aromatic carbocycles. The molecule has 2 nitrogen and oxygen atoms in total. The summed E-state index contributed by atoms with van der Waals surface area (Å²) in [5, 5.41) is -0.166. The zero-order valence-corrected chi connectivity index (χ0v) is 13.3. The van der Waals surface area contributed by atoms with E-state index in [4.69, 9.17) is 11.6 Å². The van der Waals surface area contributed by atoms with Crippen molar-refractivity contribution in [3.05, 3.63) is 29.3 Å². The first-order valence-corrected chi connectivity index (χ1v) is 8.57. The van der Waals surface area contributed by atoms with Gasteiger partial charge in [-0.15, -0.1) is 11.6 Å². The lowest BCUT2D eigenvalue weighted by atomic mass is 10.1. The second-order valence-electron chi connectivity index (χ2n) is 5.39. The molecule has 1 aromatic heterocycles. The van der Waals surface area contributed by atoms with Crippen LogP contribution in [0.15, 0.2) is 12.1 Å². The Balaban J connectivity index is 2.20. The van der Waals surface area contributed by atoms with Gasteiger partial charge >= 0.3 is 0 Å². The number of thioether (sulfide) groups is 1. The van der Waals surface area contributed by atoms with Gasteiger partial charge in [-0.25, -0.2) is 9.37 Å². The summed E-state index contributed by atoms with van der Waals surface area (Å²) in [6.07, 6.45) is 2.26. The number of halogens is 2. The lowest BCUT2D eigenvalue weighted by molar-refractivity contribution is 0.464. The summed E-state index contributed by atoms with van der Waals surface area (Å²) in [4.78, 5) is 4.57. The molecule has 0 amide bonds. The quantitative estimate of drug-likeness (QED) is 0.738. The topological polar surface area (TPSA) is 17.8 Å². The first kappa shape index (κ1) is 14.2. The zero-order chi connectivity index (χ0) is 14.3. The molecular weight excluding hydrogens is 295 g/mol. The molecule has 5 heteroatoms. The average molecular weight is 313 g/mol. The normalized spacial score (nSPS) is 18.6. The van der Waals surface area contributed by atoms with Crippen molar-refractivity contribution >= 4 is 34.4 Å². The van der Waals surface area contributed by atoms with E-state index in [0.29, 0.717) is 17.1 Å². The maximum atomic E-state index is 13.7. The Hall–Kier alpha value is -0.740. The standard InChI is InChI=1S/C15H18ClFN2S/c1-9-7-14-13(8-12(9)17)18-15(10(2)16)19(14)11-3-5-20-6-4-11/h7-8,10-11H,3-6H2,1-2H3. The van der Waals surface area contributed by atoms with Crippen molar-refractivity contribution in [2.24, 2.45) is 0 Å². The summed E-state index contributed by atoms with van der Waals surface area (Å²) in [5.41, 5.74) is 2.40. The Bertz CT molecular complexity index is 632. The Labute approximate surface area is 127 Å². The number of alkyl halides is 1. The van der Waals surface area contributed by atoms with Crippen LogP contribution in [0.4, 0.5) is 4.39 Å². The van der Waals surface area contributed by atoms with Crippen molar-refractivity contribution in [2.75, 3.05) is 11.5 Å². The fourth-order valence-electron chi connectivity index (χ4n) is 2.85. The number of hydrogen-bond donors (Lipinski definition) is 0. The van der Waals surface area contributed by atoms with E-state index in [1.54, 1.807) is 6.92 Å². The Morgan fingerprint density at radius 3 is 2.75 bits per heavy atom. The maximum Gasteiger partial charge on any atom is 0.128 e. The molecule has 1 aliphatic rings. The minimum atomic E-state index is -0.199. The molecule has 1 fully saturated rings. The molecule has 0 aliphatic carbocycles. The van der Waals surface area contributed by atoms with Gasteiger partial charge in [-0.1, -0.05) is 0 Å². The van der Waals surface area contributed by atoms with Crippen LogP contribution in [0, 0.1) is 12.7 Å². The van der Waals surface area contributed by atoms with E-state index in [9.17, 15) is 4.39 Å².